The maximum atomic E-state index is 6.40. The van der Waals surface area contributed by atoms with Crippen molar-refractivity contribution in [1.29, 1.82) is 0 Å². The van der Waals surface area contributed by atoms with E-state index in [0.29, 0.717) is 6.61 Å². The fraction of sp³-hybridized carbons (Fsp3) is 0.667. The summed E-state index contributed by atoms with van der Waals surface area (Å²) in [5.41, 5.74) is 6.83. The van der Waals surface area contributed by atoms with E-state index >= 15 is 0 Å². The summed E-state index contributed by atoms with van der Waals surface area (Å²) in [6, 6.07) is 5.84. The van der Waals surface area contributed by atoms with Gasteiger partial charge in [0.15, 0.2) is 8.32 Å². The zero-order chi connectivity index (χ0) is 15.6. The van der Waals surface area contributed by atoms with Crippen molar-refractivity contribution in [2.24, 2.45) is 5.73 Å². The third-order valence-corrected chi connectivity index (χ3v) is 9.17. The molecule has 0 unspecified atom stereocenters. The van der Waals surface area contributed by atoms with Crippen LogP contribution in [0.5, 0.6) is 0 Å². The van der Waals surface area contributed by atoms with Crippen molar-refractivity contribution in [2.75, 3.05) is 6.61 Å². The standard InChI is InChI=1S/C15H27BrN2OSi/c1-14(2,3)20(5,6)19-11-10-15(4,17)12-8-7-9-13(16)18-12/h7-9H,10-11,17H2,1-6H3/t15-/m0/s1. The van der Waals surface area contributed by atoms with Crippen LogP contribution in [0.4, 0.5) is 0 Å². The molecule has 0 radical (unpaired) electrons. The Hall–Kier alpha value is -0.233. The number of hydrogen-bond acceptors (Lipinski definition) is 3. The summed E-state index contributed by atoms with van der Waals surface area (Å²) in [6.07, 6.45) is 0.767. The first-order valence-corrected chi connectivity index (χ1v) is 10.7. The van der Waals surface area contributed by atoms with Crippen LogP contribution in [0.15, 0.2) is 22.8 Å². The van der Waals surface area contributed by atoms with Gasteiger partial charge in [0.2, 0.25) is 0 Å². The quantitative estimate of drug-likeness (QED) is 0.625. The van der Waals surface area contributed by atoms with Gasteiger partial charge in [-0.25, -0.2) is 4.98 Å². The molecule has 20 heavy (non-hydrogen) atoms. The Labute approximate surface area is 132 Å². The van der Waals surface area contributed by atoms with E-state index in [1.54, 1.807) is 0 Å². The van der Waals surface area contributed by atoms with Gasteiger partial charge >= 0.3 is 0 Å². The van der Waals surface area contributed by atoms with Crippen LogP contribution in [0.1, 0.15) is 39.8 Å². The van der Waals surface area contributed by atoms with E-state index in [1.165, 1.54) is 0 Å². The van der Waals surface area contributed by atoms with Crippen LogP contribution in [-0.4, -0.2) is 19.9 Å². The zero-order valence-corrected chi connectivity index (χ0v) is 16.0. The molecule has 0 spiro atoms. The molecule has 0 saturated carbocycles. The lowest BCUT2D eigenvalue weighted by Gasteiger charge is -2.37. The molecule has 1 rings (SSSR count). The summed E-state index contributed by atoms with van der Waals surface area (Å²) in [4.78, 5) is 4.46. The van der Waals surface area contributed by atoms with Crippen molar-refractivity contribution >= 4 is 24.2 Å². The molecule has 2 N–H and O–H groups in total. The van der Waals surface area contributed by atoms with Crippen LogP contribution < -0.4 is 5.73 Å². The highest BCUT2D eigenvalue weighted by molar-refractivity contribution is 9.10. The van der Waals surface area contributed by atoms with Crippen LogP contribution in [0, 0.1) is 0 Å². The normalized spacial score (nSPS) is 16.0. The van der Waals surface area contributed by atoms with Gasteiger partial charge in [0.25, 0.3) is 0 Å². The summed E-state index contributed by atoms with van der Waals surface area (Å²) in [5.74, 6) is 0. The molecule has 0 aliphatic heterocycles. The third-order valence-electron chi connectivity index (χ3n) is 4.19. The average Bonchev–Trinajstić information content (AvgIpc) is 2.26. The second kappa shape index (κ2) is 6.26. The molecule has 114 valence electrons. The molecule has 0 aliphatic rings. The van der Waals surface area contributed by atoms with Crippen molar-refractivity contribution in [3.05, 3.63) is 28.5 Å². The van der Waals surface area contributed by atoms with Gasteiger partial charge in [-0.1, -0.05) is 26.8 Å². The lowest BCUT2D eigenvalue weighted by atomic mass is 9.95. The van der Waals surface area contributed by atoms with Crippen molar-refractivity contribution in [3.8, 4) is 0 Å². The fourth-order valence-corrected chi connectivity index (χ4v) is 2.98. The van der Waals surface area contributed by atoms with Crippen LogP contribution in [-0.2, 0) is 9.96 Å². The van der Waals surface area contributed by atoms with Crippen LogP contribution in [0.3, 0.4) is 0 Å². The Kier molecular flexibility index (Phi) is 5.58. The monoisotopic (exact) mass is 358 g/mol. The number of nitrogens with two attached hydrogens (primary N) is 1. The first kappa shape index (κ1) is 17.8. The van der Waals surface area contributed by atoms with E-state index < -0.39 is 13.9 Å². The summed E-state index contributed by atoms with van der Waals surface area (Å²) >= 11 is 3.39. The van der Waals surface area contributed by atoms with Gasteiger partial charge in [-0.15, -0.1) is 0 Å². The summed E-state index contributed by atoms with van der Waals surface area (Å²) < 4.78 is 7.02. The van der Waals surface area contributed by atoms with Crippen LogP contribution >= 0.6 is 15.9 Å². The summed E-state index contributed by atoms with van der Waals surface area (Å²) in [5, 5.41) is 0.228. The Morgan fingerprint density at radius 1 is 1.25 bits per heavy atom. The highest BCUT2D eigenvalue weighted by Gasteiger charge is 2.37. The second-order valence-corrected chi connectivity index (χ2v) is 12.7. The third kappa shape index (κ3) is 4.65. The van der Waals surface area contributed by atoms with E-state index in [9.17, 15) is 0 Å². The predicted octanol–water partition coefficient (Wildman–Crippen LogP) is 4.43. The molecule has 1 heterocycles. The molecule has 1 aromatic rings. The topological polar surface area (TPSA) is 48.1 Å². The molecule has 5 heteroatoms. The molecule has 0 amide bonds. The van der Waals surface area contributed by atoms with Gasteiger partial charge in [0.05, 0.1) is 11.2 Å². The molecule has 1 atom stereocenters. The van der Waals surface area contributed by atoms with Crippen LogP contribution in [0.2, 0.25) is 18.1 Å². The van der Waals surface area contributed by atoms with Gasteiger partial charge < -0.3 is 10.2 Å². The van der Waals surface area contributed by atoms with Crippen molar-refractivity contribution in [1.82, 2.24) is 4.98 Å². The van der Waals surface area contributed by atoms with Gasteiger partial charge in [-0.05, 0) is 59.5 Å². The van der Waals surface area contributed by atoms with Crippen molar-refractivity contribution in [3.63, 3.8) is 0 Å². The number of halogens is 1. The maximum Gasteiger partial charge on any atom is 0.191 e. The smallest absolute Gasteiger partial charge is 0.191 e. The largest absolute Gasteiger partial charge is 0.417 e. The van der Waals surface area contributed by atoms with Crippen molar-refractivity contribution < 1.29 is 4.43 Å². The fourth-order valence-electron chi connectivity index (χ4n) is 1.59. The minimum atomic E-state index is -1.70. The SMILES string of the molecule is CC(C)(C)[Si](C)(C)OCC[C@](C)(N)c1cccc(Br)n1. The molecule has 0 saturated heterocycles. The Bertz CT molecular complexity index is 455. The molecular formula is C15H27BrN2OSi. The van der Waals surface area contributed by atoms with E-state index in [4.69, 9.17) is 10.2 Å². The van der Waals surface area contributed by atoms with E-state index in [-0.39, 0.29) is 5.04 Å². The van der Waals surface area contributed by atoms with E-state index in [0.717, 1.165) is 16.7 Å². The number of nitrogens with zero attached hydrogens (tertiary/aromatic N) is 1. The Balaban J connectivity index is 2.65. The second-order valence-electron chi connectivity index (χ2n) is 7.12. The number of hydrogen-bond donors (Lipinski definition) is 1. The first-order valence-electron chi connectivity index (χ1n) is 7.02. The predicted molar refractivity (Wildman–Crippen MR) is 91.2 cm³/mol. The Morgan fingerprint density at radius 3 is 2.35 bits per heavy atom. The highest BCUT2D eigenvalue weighted by Crippen LogP contribution is 2.37. The number of rotatable bonds is 5. The summed E-state index contributed by atoms with van der Waals surface area (Å²) in [7, 11) is -1.70. The van der Waals surface area contributed by atoms with Gasteiger partial charge in [0.1, 0.15) is 4.60 Å². The van der Waals surface area contributed by atoms with Gasteiger partial charge in [-0.2, -0.15) is 0 Å². The van der Waals surface area contributed by atoms with E-state index in [2.05, 4.69) is 54.8 Å². The highest BCUT2D eigenvalue weighted by atomic mass is 79.9. The molecule has 0 aliphatic carbocycles. The Morgan fingerprint density at radius 2 is 1.85 bits per heavy atom. The van der Waals surface area contributed by atoms with E-state index in [1.807, 2.05) is 25.1 Å². The molecule has 0 aromatic carbocycles. The molecule has 0 bridgehead atoms. The molecule has 3 nitrogen and oxygen atoms in total. The number of aromatic nitrogens is 1. The molecular weight excluding hydrogens is 332 g/mol. The summed E-state index contributed by atoms with van der Waals surface area (Å²) in [6.45, 7) is 14.0. The molecule has 0 fully saturated rings. The number of pyridine rings is 1. The van der Waals surface area contributed by atoms with Crippen LogP contribution in [0.25, 0.3) is 0 Å². The van der Waals surface area contributed by atoms with Gasteiger partial charge in [0, 0.05) is 6.61 Å². The lowest BCUT2D eigenvalue weighted by Crippen LogP contribution is -2.43. The van der Waals surface area contributed by atoms with Gasteiger partial charge in [-0.3, -0.25) is 0 Å². The maximum absolute atomic E-state index is 6.40. The first-order chi connectivity index (χ1) is 8.96. The minimum absolute atomic E-state index is 0.228. The van der Waals surface area contributed by atoms with Crippen molar-refractivity contribution in [2.45, 2.75) is 57.8 Å². The lowest BCUT2D eigenvalue weighted by molar-refractivity contribution is 0.244. The minimum Gasteiger partial charge on any atom is -0.417 e. The zero-order valence-electron chi connectivity index (χ0n) is 13.5. The molecule has 1 aromatic heterocycles. The average molecular weight is 359 g/mol.